The summed E-state index contributed by atoms with van der Waals surface area (Å²) >= 11 is 0. The first kappa shape index (κ1) is 15.7. The van der Waals surface area contributed by atoms with E-state index >= 15 is 0 Å². The molecule has 0 aliphatic carbocycles. The fourth-order valence-corrected chi connectivity index (χ4v) is 2.68. The number of para-hydroxylation sites is 2. The number of anilines is 1. The molecule has 0 aliphatic rings. The van der Waals surface area contributed by atoms with Crippen LogP contribution >= 0.6 is 0 Å². The molecule has 0 saturated carbocycles. The molecule has 2 N–H and O–H groups in total. The highest BCUT2D eigenvalue weighted by atomic mass is 16.5. The van der Waals surface area contributed by atoms with Crippen molar-refractivity contribution in [2.75, 3.05) is 5.73 Å². The Hall–Kier alpha value is -3.19. The van der Waals surface area contributed by atoms with Crippen molar-refractivity contribution in [1.82, 2.24) is 4.57 Å². The van der Waals surface area contributed by atoms with Gasteiger partial charge in [0.15, 0.2) is 0 Å². The Balaban J connectivity index is 2.11. The van der Waals surface area contributed by atoms with Crippen molar-refractivity contribution in [2.24, 2.45) is 0 Å². The molecule has 4 heteroatoms. The average Bonchev–Trinajstić information content (AvgIpc) is 2.93. The summed E-state index contributed by atoms with van der Waals surface area (Å²) in [5, 5.41) is 9.55. The zero-order valence-electron chi connectivity index (χ0n) is 13.7. The molecule has 1 aromatic heterocycles. The summed E-state index contributed by atoms with van der Waals surface area (Å²) in [6.45, 7) is 4.07. The van der Waals surface area contributed by atoms with Crippen molar-refractivity contribution < 1.29 is 4.74 Å². The highest BCUT2D eigenvalue weighted by Crippen LogP contribution is 2.38. The normalized spacial score (nSPS) is 10.6. The second kappa shape index (κ2) is 6.51. The van der Waals surface area contributed by atoms with E-state index in [0.29, 0.717) is 17.1 Å². The highest BCUT2D eigenvalue weighted by molar-refractivity contribution is 5.80. The number of aromatic nitrogens is 1. The molecule has 3 rings (SSSR count). The minimum absolute atomic E-state index is 0.174. The molecule has 3 aromatic rings. The van der Waals surface area contributed by atoms with Crippen LogP contribution in [-0.2, 0) is 0 Å². The van der Waals surface area contributed by atoms with Gasteiger partial charge in [-0.25, -0.2) is 0 Å². The van der Waals surface area contributed by atoms with Crippen molar-refractivity contribution in [2.45, 2.75) is 19.9 Å². The van der Waals surface area contributed by atoms with Crippen LogP contribution in [0.4, 0.5) is 5.82 Å². The average molecular weight is 317 g/mol. The van der Waals surface area contributed by atoms with Gasteiger partial charge in [0, 0.05) is 23.4 Å². The maximum absolute atomic E-state index is 9.55. The van der Waals surface area contributed by atoms with Crippen LogP contribution < -0.4 is 10.5 Å². The van der Waals surface area contributed by atoms with Gasteiger partial charge in [0.05, 0.1) is 0 Å². The standard InChI is InChI=1S/C20H19N3O/c1-14(2)23-13-18(17(12-21)20(23)22)16-10-6-7-11-19(16)24-15-8-4-3-5-9-15/h3-11,13-14H,22H2,1-2H3. The molecular weight excluding hydrogens is 298 g/mol. The third-order valence-corrected chi connectivity index (χ3v) is 3.89. The number of rotatable bonds is 4. The summed E-state index contributed by atoms with van der Waals surface area (Å²) in [5.41, 5.74) is 8.27. The van der Waals surface area contributed by atoms with Crippen molar-refractivity contribution in [3.8, 4) is 28.7 Å². The third kappa shape index (κ3) is 2.84. The Kier molecular flexibility index (Phi) is 4.26. The predicted octanol–water partition coefficient (Wildman–Crippen LogP) is 4.98. The number of hydrogen-bond acceptors (Lipinski definition) is 3. The maximum atomic E-state index is 9.55. The Morgan fingerprint density at radius 2 is 1.67 bits per heavy atom. The number of ether oxygens (including phenoxy) is 1. The number of nitriles is 1. The number of benzene rings is 2. The molecule has 0 radical (unpaired) electrons. The summed E-state index contributed by atoms with van der Waals surface area (Å²) < 4.78 is 7.92. The molecule has 0 aliphatic heterocycles. The first-order valence-corrected chi connectivity index (χ1v) is 7.84. The monoisotopic (exact) mass is 317 g/mol. The van der Waals surface area contributed by atoms with Crippen molar-refractivity contribution in [3.63, 3.8) is 0 Å². The van der Waals surface area contributed by atoms with Crippen LogP contribution in [0.3, 0.4) is 0 Å². The van der Waals surface area contributed by atoms with Gasteiger partial charge in [-0.3, -0.25) is 0 Å². The van der Waals surface area contributed by atoms with Crippen LogP contribution in [0.15, 0.2) is 60.8 Å². The fraction of sp³-hybridized carbons (Fsp3) is 0.150. The zero-order chi connectivity index (χ0) is 17.1. The van der Waals surface area contributed by atoms with E-state index in [0.717, 1.165) is 16.9 Å². The molecule has 24 heavy (non-hydrogen) atoms. The van der Waals surface area contributed by atoms with Gasteiger partial charge >= 0.3 is 0 Å². The maximum Gasteiger partial charge on any atom is 0.135 e. The van der Waals surface area contributed by atoms with Crippen LogP contribution in [-0.4, -0.2) is 4.57 Å². The van der Waals surface area contributed by atoms with Gasteiger partial charge in [-0.2, -0.15) is 5.26 Å². The smallest absolute Gasteiger partial charge is 0.135 e. The molecule has 2 aromatic carbocycles. The van der Waals surface area contributed by atoms with Crippen molar-refractivity contribution in [1.29, 1.82) is 5.26 Å². The zero-order valence-corrected chi connectivity index (χ0v) is 13.7. The van der Waals surface area contributed by atoms with Gasteiger partial charge in [-0.15, -0.1) is 0 Å². The molecular formula is C20H19N3O. The topological polar surface area (TPSA) is 64.0 Å². The lowest BCUT2D eigenvalue weighted by Crippen LogP contribution is -2.04. The Morgan fingerprint density at radius 1 is 1.00 bits per heavy atom. The van der Waals surface area contributed by atoms with Gasteiger partial charge in [0.2, 0.25) is 0 Å². The van der Waals surface area contributed by atoms with Crippen LogP contribution in [0.5, 0.6) is 11.5 Å². The minimum Gasteiger partial charge on any atom is -0.457 e. The first-order valence-electron chi connectivity index (χ1n) is 7.84. The summed E-state index contributed by atoms with van der Waals surface area (Å²) in [7, 11) is 0. The van der Waals surface area contributed by atoms with Crippen molar-refractivity contribution >= 4 is 5.82 Å². The van der Waals surface area contributed by atoms with Gasteiger partial charge in [-0.05, 0) is 32.0 Å². The molecule has 0 spiro atoms. The first-order chi connectivity index (χ1) is 11.6. The van der Waals surface area contributed by atoms with E-state index in [1.807, 2.05) is 79.2 Å². The van der Waals surface area contributed by atoms with Crippen LogP contribution in [0, 0.1) is 11.3 Å². The SMILES string of the molecule is CC(C)n1cc(-c2ccccc2Oc2ccccc2)c(C#N)c1N. The van der Waals surface area contributed by atoms with E-state index < -0.39 is 0 Å². The van der Waals surface area contributed by atoms with Crippen LogP contribution in [0.2, 0.25) is 0 Å². The van der Waals surface area contributed by atoms with Crippen molar-refractivity contribution in [3.05, 3.63) is 66.4 Å². The fourth-order valence-electron chi connectivity index (χ4n) is 2.68. The molecule has 0 amide bonds. The summed E-state index contributed by atoms with van der Waals surface area (Å²) in [6.07, 6.45) is 1.92. The lowest BCUT2D eigenvalue weighted by molar-refractivity contribution is 0.484. The van der Waals surface area contributed by atoms with E-state index in [2.05, 4.69) is 6.07 Å². The Labute approximate surface area is 141 Å². The quantitative estimate of drug-likeness (QED) is 0.738. The van der Waals surface area contributed by atoms with Crippen LogP contribution in [0.25, 0.3) is 11.1 Å². The minimum atomic E-state index is 0.174. The number of nitrogens with two attached hydrogens (primary N) is 1. The van der Waals surface area contributed by atoms with E-state index in [1.54, 1.807) is 0 Å². The molecule has 120 valence electrons. The lowest BCUT2D eigenvalue weighted by atomic mass is 10.0. The van der Waals surface area contributed by atoms with Gasteiger partial charge in [0.1, 0.15) is 28.9 Å². The molecule has 0 saturated heterocycles. The van der Waals surface area contributed by atoms with E-state index in [-0.39, 0.29) is 6.04 Å². The number of nitrogen functional groups attached to an aromatic ring is 1. The van der Waals surface area contributed by atoms with E-state index in [9.17, 15) is 5.26 Å². The molecule has 0 bridgehead atoms. The molecule has 4 nitrogen and oxygen atoms in total. The second-order valence-corrected chi connectivity index (χ2v) is 5.83. The third-order valence-electron chi connectivity index (χ3n) is 3.89. The summed E-state index contributed by atoms with van der Waals surface area (Å²) in [6, 6.07) is 19.7. The lowest BCUT2D eigenvalue weighted by Gasteiger charge is -2.11. The van der Waals surface area contributed by atoms with Gasteiger partial charge < -0.3 is 15.0 Å². The second-order valence-electron chi connectivity index (χ2n) is 5.83. The number of hydrogen-bond donors (Lipinski definition) is 1. The molecule has 0 unspecified atom stereocenters. The molecule has 1 heterocycles. The van der Waals surface area contributed by atoms with Gasteiger partial charge in [0.25, 0.3) is 0 Å². The van der Waals surface area contributed by atoms with Crippen LogP contribution in [0.1, 0.15) is 25.5 Å². The Bertz CT molecular complexity index is 889. The predicted molar refractivity (Wildman–Crippen MR) is 95.9 cm³/mol. The van der Waals surface area contributed by atoms with E-state index in [4.69, 9.17) is 10.5 Å². The summed E-state index contributed by atoms with van der Waals surface area (Å²) in [4.78, 5) is 0. The summed E-state index contributed by atoms with van der Waals surface area (Å²) in [5.74, 6) is 1.93. The molecule has 0 atom stereocenters. The largest absolute Gasteiger partial charge is 0.457 e. The van der Waals surface area contributed by atoms with E-state index in [1.165, 1.54) is 0 Å². The molecule has 0 fully saturated rings. The van der Waals surface area contributed by atoms with Gasteiger partial charge in [-0.1, -0.05) is 36.4 Å². The highest BCUT2D eigenvalue weighted by Gasteiger charge is 2.19. The Morgan fingerprint density at radius 3 is 2.33 bits per heavy atom. The number of nitrogens with zero attached hydrogens (tertiary/aromatic N) is 2.